The standard InChI is InChI=1S/C19H20F3N7O2/c1-12-25-17(31-26-12)13-2-3-14(16(8-13)19(20,21)22)10-27-4-6-28(7-5-27)18(30)29-11-15(23)9-24-29/h2-3,8-9,11H,4-7,10,23H2,1H3. The zero-order chi connectivity index (χ0) is 22.2. The number of aromatic nitrogens is 4. The fourth-order valence-electron chi connectivity index (χ4n) is 3.45. The predicted octanol–water partition coefficient (Wildman–Crippen LogP) is 2.63. The van der Waals surface area contributed by atoms with Crippen molar-refractivity contribution in [1.82, 2.24) is 29.7 Å². The Labute approximate surface area is 175 Å². The lowest BCUT2D eigenvalue weighted by Crippen LogP contribution is -2.49. The van der Waals surface area contributed by atoms with Crippen LogP contribution in [0.4, 0.5) is 23.7 Å². The van der Waals surface area contributed by atoms with Crippen LogP contribution in [0.3, 0.4) is 0 Å². The lowest BCUT2D eigenvalue weighted by atomic mass is 10.0. The van der Waals surface area contributed by atoms with Crippen molar-refractivity contribution in [2.45, 2.75) is 19.6 Å². The topological polar surface area (TPSA) is 106 Å². The molecular weight excluding hydrogens is 415 g/mol. The van der Waals surface area contributed by atoms with E-state index in [1.165, 1.54) is 18.5 Å². The first kappa shape index (κ1) is 20.8. The summed E-state index contributed by atoms with van der Waals surface area (Å²) in [6.45, 7) is 3.32. The summed E-state index contributed by atoms with van der Waals surface area (Å²) in [5.41, 5.74) is 5.58. The van der Waals surface area contributed by atoms with Gasteiger partial charge in [-0.3, -0.25) is 4.90 Å². The smallest absolute Gasteiger partial charge is 0.396 e. The van der Waals surface area contributed by atoms with Gasteiger partial charge in [0.25, 0.3) is 5.89 Å². The van der Waals surface area contributed by atoms with E-state index in [1.54, 1.807) is 17.9 Å². The van der Waals surface area contributed by atoms with Crippen molar-refractivity contribution in [2.24, 2.45) is 0 Å². The van der Waals surface area contributed by atoms with E-state index >= 15 is 0 Å². The minimum Gasteiger partial charge on any atom is -0.396 e. The van der Waals surface area contributed by atoms with Gasteiger partial charge >= 0.3 is 12.2 Å². The summed E-state index contributed by atoms with van der Waals surface area (Å²) in [7, 11) is 0. The number of piperazine rings is 1. The van der Waals surface area contributed by atoms with Gasteiger partial charge in [0.1, 0.15) is 0 Å². The summed E-state index contributed by atoms with van der Waals surface area (Å²) in [6.07, 6.45) is -1.72. The first-order valence-corrected chi connectivity index (χ1v) is 9.53. The molecule has 3 aromatic rings. The van der Waals surface area contributed by atoms with E-state index in [-0.39, 0.29) is 29.6 Å². The minimum atomic E-state index is -4.53. The van der Waals surface area contributed by atoms with Crippen LogP contribution >= 0.6 is 0 Å². The van der Waals surface area contributed by atoms with E-state index in [1.807, 2.05) is 4.90 Å². The third kappa shape index (κ3) is 4.53. The van der Waals surface area contributed by atoms with Crippen molar-refractivity contribution in [3.8, 4) is 11.5 Å². The molecule has 12 heteroatoms. The van der Waals surface area contributed by atoms with E-state index in [2.05, 4.69) is 15.2 Å². The Morgan fingerprint density at radius 2 is 1.97 bits per heavy atom. The monoisotopic (exact) mass is 435 g/mol. The maximum atomic E-state index is 13.7. The summed E-state index contributed by atoms with van der Waals surface area (Å²) >= 11 is 0. The second-order valence-electron chi connectivity index (χ2n) is 7.28. The molecule has 4 rings (SSSR count). The maximum Gasteiger partial charge on any atom is 0.416 e. The van der Waals surface area contributed by atoms with E-state index in [0.29, 0.717) is 37.7 Å². The molecular formula is C19H20F3N7O2. The molecule has 1 aliphatic heterocycles. The number of aryl methyl sites for hydroxylation is 1. The first-order valence-electron chi connectivity index (χ1n) is 9.53. The van der Waals surface area contributed by atoms with Crippen LogP contribution in [-0.2, 0) is 12.7 Å². The second-order valence-corrected chi connectivity index (χ2v) is 7.28. The molecule has 1 saturated heterocycles. The largest absolute Gasteiger partial charge is 0.416 e. The molecule has 0 saturated carbocycles. The molecule has 1 amide bonds. The maximum absolute atomic E-state index is 13.7. The summed E-state index contributed by atoms with van der Waals surface area (Å²) < 4.78 is 47.3. The van der Waals surface area contributed by atoms with Gasteiger partial charge in [-0.15, -0.1) is 0 Å². The van der Waals surface area contributed by atoms with Crippen molar-refractivity contribution < 1.29 is 22.5 Å². The number of anilines is 1. The van der Waals surface area contributed by atoms with Crippen molar-refractivity contribution in [2.75, 3.05) is 31.9 Å². The van der Waals surface area contributed by atoms with E-state index in [4.69, 9.17) is 10.3 Å². The molecule has 31 heavy (non-hydrogen) atoms. The molecule has 2 N–H and O–H groups in total. The van der Waals surface area contributed by atoms with Crippen LogP contribution in [0.15, 0.2) is 35.1 Å². The van der Waals surface area contributed by atoms with Gasteiger partial charge in [0.05, 0.1) is 23.6 Å². The van der Waals surface area contributed by atoms with Crippen LogP contribution in [0.25, 0.3) is 11.5 Å². The predicted molar refractivity (Wildman–Crippen MR) is 104 cm³/mol. The van der Waals surface area contributed by atoms with Crippen LogP contribution < -0.4 is 5.73 Å². The molecule has 0 bridgehead atoms. The number of amides is 1. The van der Waals surface area contributed by atoms with Crippen LogP contribution in [0.5, 0.6) is 0 Å². The molecule has 0 spiro atoms. The zero-order valence-electron chi connectivity index (χ0n) is 16.6. The van der Waals surface area contributed by atoms with Gasteiger partial charge in [0.2, 0.25) is 0 Å². The number of benzene rings is 1. The third-order valence-corrected chi connectivity index (χ3v) is 5.03. The van der Waals surface area contributed by atoms with Crippen molar-refractivity contribution in [3.05, 3.63) is 47.5 Å². The number of nitrogen functional groups attached to an aromatic ring is 1. The molecule has 164 valence electrons. The Morgan fingerprint density at radius 1 is 1.23 bits per heavy atom. The van der Waals surface area contributed by atoms with Crippen LogP contribution in [0.2, 0.25) is 0 Å². The van der Waals surface area contributed by atoms with Crippen LogP contribution in [0.1, 0.15) is 17.0 Å². The normalized spacial score (nSPS) is 15.4. The van der Waals surface area contributed by atoms with Crippen molar-refractivity contribution in [3.63, 3.8) is 0 Å². The van der Waals surface area contributed by atoms with E-state index < -0.39 is 11.7 Å². The zero-order valence-corrected chi connectivity index (χ0v) is 16.6. The van der Waals surface area contributed by atoms with Gasteiger partial charge in [-0.25, -0.2) is 4.79 Å². The highest BCUT2D eigenvalue weighted by Gasteiger charge is 2.35. The average Bonchev–Trinajstić information content (AvgIpc) is 3.36. The highest BCUT2D eigenvalue weighted by molar-refractivity contribution is 5.76. The molecule has 1 fully saturated rings. The van der Waals surface area contributed by atoms with Gasteiger partial charge in [-0.2, -0.15) is 27.9 Å². The van der Waals surface area contributed by atoms with Gasteiger partial charge in [-0.1, -0.05) is 11.2 Å². The molecule has 1 aliphatic rings. The second kappa shape index (κ2) is 8.02. The van der Waals surface area contributed by atoms with Crippen molar-refractivity contribution >= 4 is 11.7 Å². The van der Waals surface area contributed by atoms with Gasteiger partial charge in [-0.05, 0) is 24.6 Å². The van der Waals surface area contributed by atoms with E-state index in [9.17, 15) is 18.0 Å². The molecule has 0 aliphatic carbocycles. The molecule has 2 aromatic heterocycles. The van der Waals surface area contributed by atoms with Crippen LogP contribution in [0, 0.1) is 6.92 Å². The Morgan fingerprint density at radius 3 is 2.55 bits per heavy atom. The summed E-state index contributed by atoms with van der Waals surface area (Å²) in [5, 5.41) is 7.52. The quantitative estimate of drug-likeness (QED) is 0.674. The number of alkyl halides is 3. The Hall–Kier alpha value is -3.41. The molecule has 1 aromatic carbocycles. The van der Waals surface area contributed by atoms with Gasteiger partial charge < -0.3 is 15.2 Å². The molecule has 9 nitrogen and oxygen atoms in total. The van der Waals surface area contributed by atoms with Crippen LogP contribution in [-0.4, -0.2) is 61.9 Å². The number of hydrogen-bond acceptors (Lipinski definition) is 7. The Balaban J connectivity index is 1.46. The number of nitrogens with zero attached hydrogens (tertiary/aromatic N) is 6. The van der Waals surface area contributed by atoms with E-state index in [0.717, 1.165) is 10.7 Å². The third-order valence-electron chi connectivity index (χ3n) is 5.03. The van der Waals surface area contributed by atoms with Crippen molar-refractivity contribution in [1.29, 1.82) is 0 Å². The number of halogens is 3. The number of carbonyl (C=O) groups is 1. The summed E-state index contributed by atoms with van der Waals surface area (Å²) in [4.78, 5) is 19.9. The average molecular weight is 435 g/mol. The Kier molecular flexibility index (Phi) is 5.39. The van der Waals surface area contributed by atoms with Gasteiger partial charge in [0.15, 0.2) is 5.82 Å². The Bertz CT molecular complexity index is 1080. The highest BCUT2D eigenvalue weighted by Crippen LogP contribution is 2.35. The SMILES string of the molecule is Cc1noc(-c2ccc(CN3CCN(C(=O)n4cc(N)cn4)CC3)c(C(F)(F)F)c2)n1. The number of carbonyl (C=O) groups excluding carboxylic acids is 1. The molecule has 3 heterocycles. The lowest BCUT2D eigenvalue weighted by Gasteiger charge is -2.34. The fourth-order valence-corrected chi connectivity index (χ4v) is 3.45. The van der Waals surface area contributed by atoms with Gasteiger partial charge in [0, 0.05) is 38.3 Å². The first-order chi connectivity index (χ1) is 14.7. The molecule has 0 unspecified atom stereocenters. The fraction of sp³-hybridized carbons (Fsp3) is 0.368. The highest BCUT2D eigenvalue weighted by atomic mass is 19.4. The number of rotatable bonds is 3. The molecule has 0 radical (unpaired) electrons. The summed E-state index contributed by atoms with van der Waals surface area (Å²) in [6, 6.07) is 3.69. The lowest BCUT2D eigenvalue weighted by molar-refractivity contribution is -0.138. The minimum absolute atomic E-state index is 0.0425. The number of hydrogen-bond donors (Lipinski definition) is 1. The number of nitrogens with two attached hydrogens (primary N) is 1. The molecule has 0 atom stereocenters. The summed E-state index contributed by atoms with van der Waals surface area (Å²) in [5.74, 6) is 0.388.